The monoisotopic (exact) mass is 850 g/mol. The van der Waals surface area contributed by atoms with Crippen LogP contribution in [-0.4, -0.2) is 0 Å². The number of hydrogen-bond acceptors (Lipinski definition) is 2. The van der Waals surface area contributed by atoms with Gasteiger partial charge in [-0.25, -0.2) is 0 Å². The highest BCUT2D eigenvalue weighted by atomic mass is 15.1. The van der Waals surface area contributed by atoms with Crippen molar-refractivity contribution < 1.29 is 13.7 Å². The normalized spacial score (nSPS) is 13.5. The Bertz CT molecular complexity index is 3780. The van der Waals surface area contributed by atoms with Crippen molar-refractivity contribution in [3.8, 4) is 44.5 Å². The standard InChI is InChI=1S/C64H44N2/c1-7-19-45(20-8-1)51-39-52(46-21-9-2-10-22-46)42-57(41-51)65(55-27-15-5-16-28-55)61-37-33-49-32-36-60-62(38-34-50-31-35-59(61)63(49)64(50)60)66(56-29-17-6-18-30-56)58-43-53(47-23-11-3-12-24-47)40-54(44-58)48-25-13-4-14-26-48/h1-44H/i5D,6D,15D,16D,17D,18D,27D,28D,29D,30D. The maximum absolute atomic E-state index is 9.48. The zero-order valence-corrected chi connectivity index (χ0v) is 35.5. The summed E-state index contributed by atoms with van der Waals surface area (Å²) in [5, 5.41) is 4.81. The second-order valence-electron chi connectivity index (χ2n) is 16.2. The van der Waals surface area contributed by atoms with Gasteiger partial charge in [0.1, 0.15) is 0 Å². The summed E-state index contributed by atoms with van der Waals surface area (Å²) in [5.41, 5.74) is 9.35. The van der Waals surface area contributed by atoms with Crippen molar-refractivity contribution in [1.29, 1.82) is 0 Å². The molecule has 12 aromatic carbocycles. The Kier molecular flexibility index (Phi) is 7.52. The lowest BCUT2D eigenvalue weighted by Crippen LogP contribution is -2.12. The molecule has 0 atom stereocenters. The highest BCUT2D eigenvalue weighted by Crippen LogP contribution is 2.49. The number of hydrogen-bond donors (Lipinski definition) is 0. The minimum atomic E-state index is -0.501. The van der Waals surface area contributed by atoms with Gasteiger partial charge in [-0.2, -0.15) is 0 Å². The maximum Gasteiger partial charge on any atom is 0.0645 e. The van der Waals surface area contributed by atoms with E-state index in [0.29, 0.717) is 22.7 Å². The van der Waals surface area contributed by atoms with Crippen LogP contribution in [0.2, 0.25) is 0 Å². The largest absolute Gasteiger partial charge is 0.310 e. The summed E-state index contributed by atoms with van der Waals surface area (Å²) in [4.78, 5) is 3.57. The molecular weight excluding hydrogens is 797 g/mol. The Morgan fingerprint density at radius 2 is 0.561 bits per heavy atom. The lowest BCUT2D eigenvalue weighted by molar-refractivity contribution is 1.30. The SMILES string of the molecule is [2H]c1c([2H])c([2H])c(N(c2cc(-c3ccccc3)cc(-c3ccccc3)c2)c2ccc3ccc4c(N(c5cc(-c6ccccc6)cc(-c6ccccc6)c5)c5c([2H])c([2H])c([2H])c([2H])c5[2H])ccc5ccc2c3c54)c([2H])c1[2H]. The van der Waals surface area contributed by atoms with Crippen LogP contribution in [-0.2, 0) is 0 Å². The van der Waals surface area contributed by atoms with Gasteiger partial charge in [0, 0.05) is 33.5 Å². The second kappa shape index (κ2) is 16.8. The molecular formula is C64H44N2. The summed E-state index contributed by atoms with van der Waals surface area (Å²) in [5.74, 6) is 0. The molecule has 0 N–H and O–H groups in total. The third kappa shape index (κ3) is 7.12. The van der Waals surface area contributed by atoms with E-state index >= 15 is 0 Å². The van der Waals surface area contributed by atoms with E-state index < -0.39 is 36.3 Å². The van der Waals surface area contributed by atoms with Crippen molar-refractivity contribution in [2.45, 2.75) is 0 Å². The minimum absolute atomic E-state index is 0.0224. The molecule has 12 rings (SSSR count). The molecule has 0 amide bonds. The van der Waals surface area contributed by atoms with Crippen LogP contribution in [0.5, 0.6) is 0 Å². The van der Waals surface area contributed by atoms with E-state index in [2.05, 4.69) is 12.1 Å². The van der Waals surface area contributed by atoms with Crippen LogP contribution >= 0.6 is 0 Å². The van der Waals surface area contributed by atoms with E-state index in [1.165, 1.54) is 0 Å². The fraction of sp³-hybridized carbons (Fsp3) is 0. The van der Waals surface area contributed by atoms with Gasteiger partial charge < -0.3 is 9.80 Å². The van der Waals surface area contributed by atoms with Gasteiger partial charge in [-0.1, -0.05) is 194 Å². The molecule has 0 unspecified atom stereocenters. The van der Waals surface area contributed by atoms with Crippen LogP contribution in [0.15, 0.2) is 267 Å². The van der Waals surface area contributed by atoms with E-state index in [0.717, 1.165) is 76.8 Å². The van der Waals surface area contributed by atoms with Crippen LogP contribution in [0.4, 0.5) is 34.1 Å². The Hall–Kier alpha value is -8.72. The Morgan fingerprint density at radius 1 is 0.258 bits per heavy atom. The minimum Gasteiger partial charge on any atom is -0.310 e. The van der Waals surface area contributed by atoms with E-state index in [1.54, 1.807) is 9.80 Å². The van der Waals surface area contributed by atoms with E-state index in [4.69, 9.17) is 8.22 Å². The van der Waals surface area contributed by atoms with Crippen molar-refractivity contribution in [1.82, 2.24) is 0 Å². The highest BCUT2D eigenvalue weighted by Gasteiger charge is 2.23. The first-order chi connectivity index (χ1) is 36.9. The quantitative estimate of drug-likeness (QED) is 0.127. The van der Waals surface area contributed by atoms with Crippen LogP contribution in [0.3, 0.4) is 0 Å². The first-order valence-corrected chi connectivity index (χ1v) is 21.8. The molecule has 0 fully saturated rings. The number of para-hydroxylation sites is 2. The van der Waals surface area contributed by atoms with E-state index in [-0.39, 0.29) is 35.5 Å². The van der Waals surface area contributed by atoms with Crippen molar-refractivity contribution in [3.63, 3.8) is 0 Å². The number of rotatable bonds is 10. The molecule has 0 saturated carbocycles. The molecule has 0 aliphatic heterocycles. The molecule has 66 heavy (non-hydrogen) atoms. The average molecular weight is 851 g/mol. The lowest BCUT2D eigenvalue weighted by atomic mass is 9.91. The van der Waals surface area contributed by atoms with Crippen LogP contribution in [0.1, 0.15) is 13.7 Å². The Labute approximate surface area is 399 Å². The first-order valence-electron chi connectivity index (χ1n) is 26.8. The molecule has 0 aliphatic rings. The molecule has 0 saturated heterocycles. The van der Waals surface area contributed by atoms with Crippen molar-refractivity contribution >= 4 is 66.4 Å². The van der Waals surface area contributed by atoms with Gasteiger partial charge in [0.15, 0.2) is 0 Å². The summed E-state index contributed by atoms with van der Waals surface area (Å²) in [6.45, 7) is 0. The number of nitrogens with zero attached hydrogens (tertiary/aromatic N) is 2. The van der Waals surface area contributed by atoms with Gasteiger partial charge >= 0.3 is 0 Å². The smallest absolute Gasteiger partial charge is 0.0645 e. The lowest BCUT2D eigenvalue weighted by Gasteiger charge is -2.30. The summed E-state index contributed by atoms with van der Waals surface area (Å²) in [6, 6.07) is 63.3. The highest BCUT2D eigenvalue weighted by molar-refractivity contribution is 6.28. The second-order valence-corrected chi connectivity index (χ2v) is 16.2. The summed E-state index contributed by atoms with van der Waals surface area (Å²) < 4.78 is 91.0. The van der Waals surface area contributed by atoms with Crippen LogP contribution < -0.4 is 9.80 Å². The molecule has 310 valence electrons. The van der Waals surface area contributed by atoms with Crippen LogP contribution in [0.25, 0.3) is 76.8 Å². The Morgan fingerprint density at radius 3 is 0.879 bits per heavy atom. The van der Waals surface area contributed by atoms with Crippen LogP contribution in [0, 0.1) is 0 Å². The summed E-state index contributed by atoms with van der Waals surface area (Å²) in [7, 11) is 0. The van der Waals surface area contributed by atoms with Gasteiger partial charge in [0.2, 0.25) is 0 Å². The van der Waals surface area contributed by atoms with E-state index in [1.807, 2.05) is 194 Å². The zero-order chi connectivity index (χ0) is 52.5. The van der Waals surface area contributed by atoms with Gasteiger partial charge in [-0.05, 0) is 139 Å². The number of anilines is 6. The Balaban J connectivity index is 1.17. The molecule has 2 heteroatoms. The number of benzene rings is 12. The third-order valence-corrected chi connectivity index (χ3v) is 12.3. The first kappa shape index (κ1) is 29.6. The van der Waals surface area contributed by atoms with Gasteiger partial charge in [-0.15, -0.1) is 0 Å². The fourth-order valence-electron chi connectivity index (χ4n) is 9.32. The predicted molar refractivity (Wildman–Crippen MR) is 281 cm³/mol. The molecule has 0 radical (unpaired) electrons. The molecule has 0 heterocycles. The van der Waals surface area contributed by atoms with E-state index in [9.17, 15) is 5.48 Å². The van der Waals surface area contributed by atoms with Gasteiger partial charge in [0.05, 0.1) is 25.1 Å². The molecule has 12 aromatic rings. The fourth-order valence-corrected chi connectivity index (χ4v) is 9.32. The predicted octanol–water partition coefficient (Wildman–Crippen LogP) is 18.2. The summed E-state index contributed by atoms with van der Waals surface area (Å²) >= 11 is 0. The van der Waals surface area contributed by atoms with Crippen molar-refractivity contribution in [2.75, 3.05) is 9.80 Å². The summed E-state index contributed by atoms with van der Waals surface area (Å²) in [6.07, 6.45) is 0. The topological polar surface area (TPSA) is 6.48 Å². The third-order valence-electron chi connectivity index (χ3n) is 12.3. The van der Waals surface area contributed by atoms with Gasteiger partial charge in [-0.3, -0.25) is 0 Å². The molecule has 0 aliphatic carbocycles. The maximum atomic E-state index is 9.48. The zero-order valence-electron chi connectivity index (χ0n) is 45.5. The molecule has 2 nitrogen and oxygen atoms in total. The average Bonchev–Trinajstić information content (AvgIpc) is 3.63. The molecule has 0 aromatic heterocycles. The molecule has 0 bridgehead atoms. The van der Waals surface area contributed by atoms with Crippen molar-refractivity contribution in [2.24, 2.45) is 0 Å². The van der Waals surface area contributed by atoms with Gasteiger partial charge in [0.25, 0.3) is 0 Å². The van der Waals surface area contributed by atoms with Crippen molar-refractivity contribution in [3.05, 3.63) is 267 Å². The molecule has 0 spiro atoms.